The Labute approximate surface area is 138 Å². The van der Waals surface area contributed by atoms with E-state index < -0.39 is 42.0 Å². The van der Waals surface area contributed by atoms with E-state index in [-0.39, 0.29) is 54.1 Å². The largest absolute Gasteiger partial charge is 0.287 e. The Balaban J connectivity index is 2.01. The SMILES string of the molecule is [2H]c1c([2H])c([2H])c2c([2H])c(C(=O)c3sc4c([2H])c([2H])c([2H])c([2H])c4c3[2H])sc2c1[2H]. The molecule has 0 bridgehead atoms. The van der Waals surface area contributed by atoms with E-state index in [4.69, 9.17) is 13.7 Å². The van der Waals surface area contributed by atoms with Crippen LogP contribution in [0.15, 0.2) is 60.4 Å². The van der Waals surface area contributed by atoms with Crippen molar-refractivity contribution >= 4 is 48.6 Å². The van der Waals surface area contributed by atoms with Crippen LogP contribution in [0.3, 0.4) is 0 Å². The molecule has 0 radical (unpaired) electrons. The van der Waals surface area contributed by atoms with Gasteiger partial charge in [0.1, 0.15) is 0 Å². The maximum atomic E-state index is 13.2. The Morgan fingerprint density at radius 2 is 1.25 bits per heavy atom. The summed E-state index contributed by atoms with van der Waals surface area (Å²) in [6.07, 6.45) is 0. The van der Waals surface area contributed by atoms with Crippen LogP contribution in [0.1, 0.15) is 28.3 Å². The van der Waals surface area contributed by atoms with E-state index in [1.54, 1.807) is 0 Å². The molecule has 0 aliphatic carbocycles. The molecule has 0 aliphatic rings. The summed E-state index contributed by atoms with van der Waals surface area (Å²) < 4.78 is 79.9. The van der Waals surface area contributed by atoms with Crippen molar-refractivity contribution in [1.82, 2.24) is 0 Å². The average Bonchev–Trinajstić information content (AvgIpc) is 3.24. The molecule has 3 heteroatoms. The van der Waals surface area contributed by atoms with Gasteiger partial charge in [-0.2, -0.15) is 0 Å². The first-order valence-electron chi connectivity index (χ1n) is 10.5. The van der Waals surface area contributed by atoms with Gasteiger partial charge in [0.2, 0.25) is 5.78 Å². The summed E-state index contributed by atoms with van der Waals surface area (Å²) in [5, 5.41) is -0.155. The Bertz CT molecular complexity index is 1310. The number of rotatable bonds is 2. The number of ketones is 1. The monoisotopic (exact) mass is 304 g/mol. The van der Waals surface area contributed by atoms with Gasteiger partial charge in [0.25, 0.3) is 0 Å². The molecule has 0 saturated heterocycles. The maximum Gasteiger partial charge on any atom is 0.212 e. The first-order valence-corrected chi connectivity index (χ1v) is 7.15. The molecular formula is C17H10OS2. The highest BCUT2D eigenvalue weighted by Gasteiger charge is 2.15. The molecule has 0 aliphatic heterocycles. The molecule has 0 amide bonds. The number of fused-ring (bicyclic) bond motifs is 2. The molecular weight excluding hydrogens is 284 g/mol. The predicted molar refractivity (Wildman–Crippen MR) is 87.1 cm³/mol. The highest BCUT2D eigenvalue weighted by atomic mass is 32.1. The molecule has 0 unspecified atom stereocenters. The van der Waals surface area contributed by atoms with Crippen LogP contribution in [-0.2, 0) is 0 Å². The summed E-state index contributed by atoms with van der Waals surface area (Å²) in [5.41, 5.74) is 0. The molecule has 2 aromatic heterocycles. The zero-order valence-electron chi connectivity index (χ0n) is 19.7. The third kappa shape index (κ3) is 1.87. The van der Waals surface area contributed by atoms with E-state index >= 15 is 0 Å². The summed E-state index contributed by atoms with van der Waals surface area (Å²) >= 11 is 1.46. The highest BCUT2D eigenvalue weighted by Crippen LogP contribution is 2.31. The molecule has 0 spiro atoms. The lowest BCUT2D eigenvalue weighted by molar-refractivity contribution is 0.104. The first kappa shape index (κ1) is 5.43. The molecule has 0 N–H and O–H groups in total. The van der Waals surface area contributed by atoms with Crippen LogP contribution in [0.25, 0.3) is 20.2 Å². The summed E-state index contributed by atoms with van der Waals surface area (Å²) in [4.78, 5) is 12.8. The second-order valence-corrected chi connectivity index (χ2v) is 5.89. The van der Waals surface area contributed by atoms with Crippen LogP contribution < -0.4 is 0 Å². The van der Waals surface area contributed by atoms with Crippen LogP contribution in [-0.4, -0.2) is 5.78 Å². The molecule has 2 heterocycles. The topological polar surface area (TPSA) is 17.1 Å². The Kier molecular flexibility index (Phi) is 1.23. The number of carbonyl (C=O) groups is 1. The number of hydrogen-bond donors (Lipinski definition) is 0. The molecule has 0 fully saturated rings. The molecule has 0 saturated carbocycles. The van der Waals surface area contributed by atoms with Crippen molar-refractivity contribution in [2.75, 3.05) is 0 Å². The Morgan fingerprint density at radius 1 is 0.800 bits per heavy atom. The Hall–Kier alpha value is -1.97. The van der Waals surface area contributed by atoms with Crippen LogP contribution in [0.5, 0.6) is 0 Å². The van der Waals surface area contributed by atoms with Crippen molar-refractivity contribution in [3.63, 3.8) is 0 Å². The summed E-state index contributed by atoms with van der Waals surface area (Å²) in [6, 6.07) is -4.27. The van der Waals surface area contributed by atoms with Crippen molar-refractivity contribution in [3.8, 4) is 0 Å². The second kappa shape index (κ2) is 4.54. The lowest BCUT2D eigenvalue weighted by atomic mass is 10.2. The zero-order chi connectivity index (χ0) is 22.2. The van der Waals surface area contributed by atoms with Gasteiger partial charge in [-0.05, 0) is 34.9 Å². The molecule has 20 heavy (non-hydrogen) atoms. The fourth-order valence-electron chi connectivity index (χ4n) is 1.72. The van der Waals surface area contributed by atoms with Crippen LogP contribution in [0.4, 0.5) is 0 Å². The van der Waals surface area contributed by atoms with Gasteiger partial charge in [0, 0.05) is 9.40 Å². The van der Waals surface area contributed by atoms with Crippen LogP contribution in [0, 0.1) is 0 Å². The van der Waals surface area contributed by atoms with E-state index in [1.165, 1.54) is 0 Å². The maximum absolute atomic E-state index is 13.2. The Morgan fingerprint density at radius 3 is 1.75 bits per heavy atom. The third-order valence-corrected chi connectivity index (χ3v) is 4.61. The smallest absolute Gasteiger partial charge is 0.212 e. The normalized spacial score (nSPS) is 18.2. The van der Waals surface area contributed by atoms with E-state index in [0.717, 1.165) is 22.7 Å². The van der Waals surface area contributed by atoms with Gasteiger partial charge >= 0.3 is 0 Å². The number of thiophene rings is 2. The number of hydrogen-bond acceptors (Lipinski definition) is 3. The van der Waals surface area contributed by atoms with E-state index in [2.05, 4.69) is 0 Å². The number of carbonyl (C=O) groups excluding carboxylic acids is 1. The van der Waals surface area contributed by atoms with Crippen molar-refractivity contribution in [2.45, 2.75) is 0 Å². The van der Waals surface area contributed by atoms with Crippen molar-refractivity contribution in [2.24, 2.45) is 0 Å². The summed E-state index contributed by atoms with van der Waals surface area (Å²) in [6.45, 7) is 0. The van der Waals surface area contributed by atoms with Crippen molar-refractivity contribution in [1.29, 1.82) is 0 Å². The fraction of sp³-hybridized carbons (Fsp3) is 0. The van der Waals surface area contributed by atoms with Gasteiger partial charge in [-0.15, -0.1) is 22.7 Å². The van der Waals surface area contributed by atoms with Gasteiger partial charge in [-0.25, -0.2) is 0 Å². The van der Waals surface area contributed by atoms with Crippen LogP contribution in [0.2, 0.25) is 0 Å². The lowest BCUT2D eigenvalue weighted by Gasteiger charge is -1.90. The van der Waals surface area contributed by atoms with Gasteiger partial charge in [0.15, 0.2) is 0 Å². The van der Waals surface area contributed by atoms with Crippen LogP contribution >= 0.6 is 22.7 Å². The fourth-order valence-corrected chi connectivity index (χ4v) is 3.50. The lowest BCUT2D eigenvalue weighted by Crippen LogP contribution is -1.93. The van der Waals surface area contributed by atoms with E-state index in [9.17, 15) is 4.79 Å². The average molecular weight is 304 g/mol. The minimum Gasteiger partial charge on any atom is -0.287 e. The van der Waals surface area contributed by atoms with Gasteiger partial charge < -0.3 is 0 Å². The third-order valence-electron chi connectivity index (χ3n) is 2.60. The van der Waals surface area contributed by atoms with Gasteiger partial charge in [-0.3, -0.25) is 4.79 Å². The standard InChI is InChI=1S/C17H10OS2/c18-17(15-9-11-5-1-3-7-13(11)19-15)16-10-12-6-2-4-8-14(12)20-16/h1-10H/i1D,2D,3D,4D,5D,6D,7D,8D,9D,10D. The van der Waals surface area contributed by atoms with Crippen molar-refractivity contribution < 1.29 is 18.5 Å². The minimum atomic E-state index is -0.763. The second-order valence-electron chi connectivity index (χ2n) is 3.85. The van der Waals surface area contributed by atoms with Gasteiger partial charge in [-0.1, -0.05) is 36.3 Å². The van der Waals surface area contributed by atoms with Gasteiger partial charge in [0.05, 0.1) is 23.5 Å². The summed E-state index contributed by atoms with van der Waals surface area (Å²) in [7, 11) is 0. The van der Waals surface area contributed by atoms with E-state index in [1.807, 2.05) is 0 Å². The zero-order valence-corrected chi connectivity index (χ0v) is 11.4. The molecule has 2 aromatic carbocycles. The molecule has 96 valence electrons. The van der Waals surface area contributed by atoms with E-state index in [0.29, 0.717) is 0 Å². The number of benzene rings is 2. The highest BCUT2D eigenvalue weighted by molar-refractivity contribution is 7.24. The summed E-state index contributed by atoms with van der Waals surface area (Å²) in [5.74, 6) is -0.763. The molecule has 4 rings (SSSR count). The predicted octanol–water partition coefficient (Wildman–Crippen LogP) is 5.35. The molecule has 0 atom stereocenters. The molecule has 1 nitrogen and oxygen atoms in total. The van der Waals surface area contributed by atoms with Crippen molar-refractivity contribution in [3.05, 3.63) is 70.2 Å². The quantitative estimate of drug-likeness (QED) is 0.456. The molecule has 4 aromatic rings. The first-order chi connectivity index (χ1) is 14.0. The minimum absolute atomic E-state index is 0.0613.